The molecule has 0 aliphatic heterocycles. The Balaban J connectivity index is 2.09. The average molecular weight is 492 g/mol. The van der Waals surface area contributed by atoms with Gasteiger partial charge in [-0.05, 0) is 63.4 Å². The first-order chi connectivity index (χ1) is 16.0. The number of carbonyl (C=O) groups is 2. The first-order valence-corrected chi connectivity index (χ1v) is 13.2. The highest BCUT2D eigenvalue weighted by molar-refractivity contribution is 7.92. The summed E-state index contributed by atoms with van der Waals surface area (Å²) < 4.78 is 39.0. The molecule has 2 rings (SSSR count). The quantitative estimate of drug-likeness (QED) is 0.493. The Hall–Kier alpha value is -2.94. The molecule has 0 aliphatic carbocycles. The summed E-state index contributed by atoms with van der Waals surface area (Å²) in [6.45, 7) is 5.84. The van der Waals surface area contributed by atoms with Gasteiger partial charge in [0.2, 0.25) is 21.8 Å². The minimum absolute atomic E-state index is 0.0555. The zero-order valence-corrected chi connectivity index (χ0v) is 21.0. The summed E-state index contributed by atoms with van der Waals surface area (Å²) in [5, 5.41) is 2.85. The van der Waals surface area contributed by atoms with Crippen LogP contribution in [0.15, 0.2) is 54.6 Å². The van der Waals surface area contributed by atoms with Crippen LogP contribution in [0, 0.1) is 5.82 Å². The monoisotopic (exact) mass is 491 g/mol. The van der Waals surface area contributed by atoms with Crippen LogP contribution in [0.1, 0.15) is 39.2 Å². The Kier molecular flexibility index (Phi) is 10.0. The van der Waals surface area contributed by atoms with E-state index in [0.29, 0.717) is 18.7 Å². The predicted octanol–water partition coefficient (Wildman–Crippen LogP) is 3.36. The lowest BCUT2D eigenvalue weighted by atomic mass is 10.1. The van der Waals surface area contributed by atoms with Crippen LogP contribution in [0.5, 0.6) is 0 Å². The maximum absolute atomic E-state index is 13.3. The van der Waals surface area contributed by atoms with Crippen LogP contribution >= 0.6 is 0 Å². The topological polar surface area (TPSA) is 86.8 Å². The van der Waals surface area contributed by atoms with Gasteiger partial charge in [0.1, 0.15) is 11.9 Å². The molecule has 9 heteroatoms. The molecule has 1 atom stereocenters. The van der Waals surface area contributed by atoms with Crippen molar-refractivity contribution in [2.75, 3.05) is 23.7 Å². The molecule has 2 amide bonds. The Morgan fingerprint density at radius 2 is 1.59 bits per heavy atom. The van der Waals surface area contributed by atoms with Crippen molar-refractivity contribution in [3.8, 4) is 0 Å². The van der Waals surface area contributed by atoms with Crippen LogP contribution in [0.3, 0.4) is 0 Å². The van der Waals surface area contributed by atoms with Gasteiger partial charge in [0.15, 0.2) is 0 Å². The fraction of sp³-hybridized carbons (Fsp3) is 0.440. The van der Waals surface area contributed by atoms with Crippen molar-refractivity contribution in [3.05, 3.63) is 66.0 Å². The second-order valence-corrected chi connectivity index (χ2v) is 10.5. The van der Waals surface area contributed by atoms with E-state index >= 15 is 0 Å². The number of halogens is 1. The van der Waals surface area contributed by atoms with E-state index in [2.05, 4.69) is 5.32 Å². The minimum atomic E-state index is -3.62. The van der Waals surface area contributed by atoms with Gasteiger partial charge in [-0.1, -0.05) is 30.3 Å². The lowest BCUT2D eigenvalue weighted by molar-refractivity contribution is -0.140. The molecule has 0 bridgehead atoms. The zero-order valence-electron chi connectivity index (χ0n) is 20.2. The molecule has 0 spiro atoms. The largest absolute Gasteiger partial charge is 0.352 e. The maximum atomic E-state index is 13.3. The van der Waals surface area contributed by atoms with Crippen molar-refractivity contribution in [1.29, 1.82) is 0 Å². The molecule has 0 radical (unpaired) electrons. The van der Waals surface area contributed by atoms with E-state index in [1.54, 1.807) is 11.8 Å². The van der Waals surface area contributed by atoms with Crippen molar-refractivity contribution >= 4 is 27.5 Å². The van der Waals surface area contributed by atoms with Crippen molar-refractivity contribution in [2.45, 2.75) is 52.1 Å². The van der Waals surface area contributed by atoms with Crippen molar-refractivity contribution in [1.82, 2.24) is 10.2 Å². The van der Waals surface area contributed by atoms with Gasteiger partial charge >= 0.3 is 0 Å². The smallest absolute Gasteiger partial charge is 0.242 e. The molecule has 0 aliphatic rings. The van der Waals surface area contributed by atoms with Gasteiger partial charge in [-0.15, -0.1) is 0 Å². The van der Waals surface area contributed by atoms with E-state index in [0.717, 1.165) is 16.1 Å². The molecule has 1 N–H and O–H groups in total. The average Bonchev–Trinajstić information content (AvgIpc) is 2.77. The van der Waals surface area contributed by atoms with Crippen molar-refractivity contribution in [3.63, 3.8) is 0 Å². The highest BCUT2D eigenvalue weighted by atomic mass is 32.2. The van der Waals surface area contributed by atoms with Crippen molar-refractivity contribution < 1.29 is 22.4 Å². The van der Waals surface area contributed by atoms with Crippen LogP contribution in [0.4, 0.5) is 10.1 Å². The molecule has 0 unspecified atom stereocenters. The number of nitrogens with zero attached hydrogens (tertiary/aromatic N) is 2. The minimum Gasteiger partial charge on any atom is -0.352 e. The van der Waals surface area contributed by atoms with Crippen LogP contribution < -0.4 is 9.62 Å². The third-order valence-electron chi connectivity index (χ3n) is 5.35. The third kappa shape index (κ3) is 8.44. The molecular weight excluding hydrogens is 457 g/mol. The molecule has 0 fully saturated rings. The number of rotatable bonds is 12. The SMILES string of the molecule is CC(C)NC(=O)[C@H](C)N(CCc1ccccc1)C(=O)CCCN(c1ccc(F)cc1)S(C)(=O)=O. The normalized spacial score (nSPS) is 12.3. The summed E-state index contributed by atoms with van der Waals surface area (Å²) in [4.78, 5) is 27.3. The van der Waals surface area contributed by atoms with Gasteiger partial charge < -0.3 is 10.2 Å². The predicted molar refractivity (Wildman–Crippen MR) is 132 cm³/mol. The number of nitrogens with one attached hydrogen (secondary N) is 1. The summed E-state index contributed by atoms with van der Waals surface area (Å²) in [5.41, 5.74) is 1.39. The second-order valence-electron chi connectivity index (χ2n) is 8.58. The Morgan fingerprint density at radius 3 is 2.15 bits per heavy atom. The molecule has 2 aromatic carbocycles. The van der Waals surface area contributed by atoms with E-state index in [1.165, 1.54) is 24.3 Å². The third-order valence-corrected chi connectivity index (χ3v) is 6.54. The number of anilines is 1. The number of amides is 2. The fourth-order valence-electron chi connectivity index (χ4n) is 3.59. The molecule has 0 saturated carbocycles. The summed E-state index contributed by atoms with van der Waals surface area (Å²) in [7, 11) is -3.62. The van der Waals surface area contributed by atoms with Gasteiger partial charge in [0, 0.05) is 25.6 Å². The van der Waals surface area contributed by atoms with E-state index in [4.69, 9.17) is 0 Å². The van der Waals surface area contributed by atoms with E-state index in [1.807, 2.05) is 44.2 Å². The molecule has 2 aromatic rings. The highest BCUT2D eigenvalue weighted by Crippen LogP contribution is 2.19. The number of hydrogen-bond acceptors (Lipinski definition) is 4. The van der Waals surface area contributed by atoms with Gasteiger partial charge in [-0.2, -0.15) is 0 Å². The first kappa shape index (κ1) is 27.3. The molecule has 186 valence electrons. The van der Waals surface area contributed by atoms with Crippen LogP contribution in [-0.4, -0.2) is 56.6 Å². The summed E-state index contributed by atoms with van der Waals surface area (Å²) in [6, 6.07) is 14.1. The van der Waals surface area contributed by atoms with E-state index in [9.17, 15) is 22.4 Å². The van der Waals surface area contributed by atoms with Crippen LogP contribution in [0.2, 0.25) is 0 Å². The lowest BCUT2D eigenvalue weighted by Gasteiger charge is -2.30. The molecule has 0 heterocycles. The standard InChI is InChI=1S/C25H34FN3O4S/c1-19(2)27-25(31)20(3)28(18-16-21-9-6-5-7-10-21)24(30)11-8-17-29(34(4,32)33)23-14-12-22(26)13-15-23/h5-7,9-10,12-15,19-20H,8,11,16-18H2,1-4H3,(H,27,31)/t20-/m0/s1. The summed E-state index contributed by atoms with van der Waals surface area (Å²) >= 11 is 0. The maximum Gasteiger partial charge on any atom is 0.242 e. The Morgan fingerprint density at radius 1 is 0.971 bits per heavy atom. The number of hydrogen-bond donors (Lipinski definition) is 1. The first-order valence-electron chi connectivity index (χ1n) is 11.4. The highest BCUT2D eigenvalue weighted by Gasteiger charge is 2.26. The second kappa shape index (κ2) is 12.5. The lowest BCUT2D eigenvalue weighted by Crippen LogP contribution is -2.50. The van der Waals surface area contributed by atoms with Gasteiger partial charge in [0.25, 0.3) is 0 Å². The Labute approximate surface area is 202 Å². The number of benzene rings is 2. The summed E-state index contributed by atoms with van der Waals surface area (Å²) in [5.74, 6) is -0.925. The molecule has 0 saturated heterocycles. The molecule has 7 nitrogen and oxygen atoms in total. The number of carbonyl (C=O) groups excluding carboxylic acids is 2. The molecule has 34 heavy (non-hydrogen) atoms. The van der Waals surface area contributed by atoms with Crippen LogP contribution in [0.25, 0.3) is 0 Å². The van der Waals surface area contributed by atoms with Crippen LogP contribution in [-0.2, 0) is 26.0 Å². The van der Waals surface area contributed by atoms with E-state index < -0.39 is 21.9 Å². The number of sulfonamides is 1. The molecular formula is C25H34FN3O4S. The zero-order chi connectivity index (χ0) is 25.3. The molecule has 0 aromatic heterocycles. The van der Waals surface area contributed by atoms with Gasteiger partial charge in [0.05, 0.1) is 11.9 Å². The van der Waals surface area contributed by atoms with Gasteiger partial charge in [-0.25, -0.2) is 12.8 Å². The van der Waals surface area contributed by atoms with Crippen molar-refractivity contribution in [2.24, 2.45) is 0 Å². The van der Waals surface area contributed by atoms with Gasteiger partial charge in [-0.3, -0.25) is 13.9 Å². The Bertz CT molecular complexity index is 1040. The summed E-state index contributed by atoms with van der Waals surface area (Å²) in [6.07, 6.45) is 1.99. The fourth-order valence-corrected chi connectivity index (χ4v) is 4.55. The van der Waals surface area contributed by atoms with E-state index in [-0.39, 0.29) is 37.2 Å².